The highest BCUT2D eigenvalue weighted by Gasteiger charge is 2.11. The first-order valence-electron chi connectivity index (χ1n) is 6.23. The van der Waals surface area contributed by atoms with Gasteiger partial charge in [0.2, 0.25) is 0 Å². The molecule has 3 heteroatoms. The van der Waals surface area contributed by atoms with Crippen LogP contribution in [0.2, 0.25) is 10.0 Å². The third-order valence-corrected chi connectivity index (χ3v) is 3.66. The van der Waals surface area contributed by atoms with Gasteiger partial charge in [-0.2, -0.15) is 0 Å². The summed E-state index contributed by atoms with van der Waals surface area (Å²) in [6.07, 6.45) is 0.768. The van der Waals surface area contributed by atoms with Crippen molar-refractivity contribution in [3.8, 4) is 0 Å². The number of benzene rings is 2. The Kier molecular flexibility index (Phi) is 4.51. The zero-order chi connectivity index (χ0) is 14.0. The van der Waals surface area contributed by atoms with E-state index in [9.17, 15) is 0 Å². The van der Waals surface area contributed by atoms with Crippen molar-refractivity contribution in [3.63, 3.8) is 0 Å². The lowest BCUT2D eigenvalue weighted by Crippen LogP contribution is -2.14. The van der Waals surface area contributed by atoms with Crippen LogP contribution in [0, 0.1) is 13.8 Å². The Morgan fingerprint density at radius 2 is 1.63 bits per heavy atom. The van der Waals surface area contributed by atoms with E-state index in [1.165, 1.54) is 16.7 Å². The van der Waals surface area contributed by atoms with Crippen molar-refractivity contribution in [2.45, 2.75) is 26.3 Å². The number of rotatable bonds is 3. The highest BCUT2D eigenvalue weighted by Crippen LogP contribution is 2.27. The molecule has 19 heavy (non-hydrogen) atoms. The fourth-order valence-corrected chi connectivity index (χ4v) is 2.90. The summed E-state index contributed by atoms with van der Waals surface area (Å²) in [6.45, 7) is 4.19. The summed E-state index contributed by atoms with van der Waals surface area (Å²) in [5.41, 5.74) is 10.9. The average molecular weight is 294 g/mol. The number of hydrogen-bond donors (Lipinski definition) is 1. The predicted octanol–water partition coefficient (Wildman–Crippen LogP) is 4.85. The van der Waals surface area contributed by atoms with Crippen molar-refractivity contribution in [3.05, 3.63) is 68.7 Å². The van der Waals surface area contributed by atoms with Gasteiger partial charge in [-0.25, -0.2) is 0 Å². The molecule has 0 heterocycles. The molecular formula is C16H17Cl2N. The molecule has 0 fully saturated rings. The van der Waals surface area contributed by atoms with E-state index in [-0.39, 0.29) is 6.04 Å². The quantitative estimate of drug-likeness (QED) is 0.860. The number of halogens is 2. The van der Waals surface area contributed by atoms with E-state index < -0.39 is 0 Å². The Labute approximate surface area is 124 Å². The van der Waals surface area contributed by atoms with E-state index in [0.29, 0.717) is 10.0 Å². The molecule has 0 aliphatic rings. The fraction of sp³-hybridized carbons (Fsp3) is 0.250. The average Bonchev–Trinajstić information content (AvgIpc) is 2.26. The van der Waals surface area contributed by atoms with Crippen LogP contribution in [0.4, 0.5) is 0 Å². The summed E-state index contributed by atoms with van der Waals surface area (Å²) >= 11 is 12.1. The van der Waals surface area contributed by atoms with Gasteiger partial charge in [0, 0.05) is 16.1 Å². The van der Waals surface area contributed by atoms with Gasteiger partial charge >= 0.3 is 0 Å². The lowest BCUT2D eigenvalue weighted by atomic mass is 9.97. The molecule has 0 radical (unpaired) electrons. The molecule has 0 aliphatic carbocycles. The number of hydrogen-bond acceptors (Lipinski definition) is 1. The molecule has 2 aromatic carbocycles. The van der Waals surface area contributed by atoms with E-state index in [2.05, 4.69) is 32.0 Å². The molecule has 1 atom stereocenters. The predicted molar refractivity (Wildman–Crippen MR) is 83.0 cm³/mol. The Bertz CT molecular complexity index is 573. The molecule has 0 aliphatic heterocycles. The van der Waals surface area contributed by atoms with Crippen molar-refractivity contribution in [2.24, 2.45) is 5.73 Å². The maximum Gasteiger partial charge on any atom is 0.0468 e. The zero-order valence-electron chi connectivity index (χ0n) is 11.1. The highest BCUT2D eigenvalue weighted by molar-refractivity contribution is 6.35. The van der Waals surface area contributed by atoms with Crippen molar-refractivity contribution in [1.82, 2.24) is 0 Å². The summed E-state index contributed by atoms with van der Waals surface area (Å²) in [6, 6.07) is 11.8. The van der Waals surface area contributed by atoms with Gasteiger partial charge in [0.15, 0.2) is 0 Å². The monoisotopic (exact) mass is 293 g/mol. The Balaban J connectivity index is 2.22. The van der Waals surface area contributed by atoms with Crippen LogP contribution in [-0.4, -0.2) is 0 Å². The second-order valence-corrected chi connectivity index (χ2v) is 5.82. The molecule has 2 rings (SSSR count). The maximum absolute atomic E-state index is 6.25. The van der Waals surface area contributed by atoms with Gasteiger partial charge in [0.25, 0.3) is 0 Å². The minimum Gasteiger partial charge on any atom is -0.324 e. The second kappa shape index (κ2) is 5.96. The van der Waals surface area contributed by atoms with Crippen LogP contribution in [0.3, 0.4) is 0 Å². The van der Waals surface area contributed by atoms with Gasteiger partial charge in [0.1, 0.15) is 0 Å². The first-order valence-corrected chi connectivity index (χ1v) is 6.99. The zero-order valence-corrected chi connectivity index (χ0v) is 12.6. The molecule has 2 N–H and O–H groups in total. The first kappa shape index (κ1) is 14.4. The molecule has 0 amide bonds. The fourth-order valence-electron chi connectivity index (χ4n) is 2.35. The van der Waals surface area contributed by atoms with E-state index in [1.54, 1.807) is 6.07 Å². The van der Waals surface area contributed by atoms with Gasteiger partial charge in [-0.15, -0.1) is 0 Å². The van der Waals surface area contributed by atoms with Crippen LogP contribution in [0.1, 0.15) is 28.3 Å². The Hall–Kier alpha value is -1.02. The Morgan fingerprint density at radius 1 is 1.00 bits per heavy atom. The van der Waals surface area contributed by atoms with E-state index >= 15 is 0 Å². The third kappa shape index (κ3) is 3.73. The smallest absolute Gasteiger partial charge is 0.0468 e. The van der Waals surface area contributed by atoms with Crippen molar-refractivity contribution in [1.29, 1.82) is 0 Å². The minimum absolute atomic E-state index is 0.119. The molecule has 1 nitrogen and oxygen atoms in total. The van der Waals surface area contributed by atoms with Crippen molar-refractivity contribution in [2.75, 3.05) is 0 Å². The summed E-state index contributed by atoms with van der Waals surface area (Å²) in [5.74, 6) is 0. The highest BCUT2D eigenvalue weighted by atomic mass is 35.5. The minimum atomic E-state index is -0.119. The van der Waals surface area contributed by atoms with Crippen LogP contribution in [0.5, 0.6) is 0 Å². The summed E-state index contributed by atoms with van der Waals surface area (Å²) in [5, 5.41) is 1.26. The van der Waals surface area contributed by atoms with E-state index in [0.717, 1.165) is 12.0 Å². The summed E-state index contributed by atoms with van der Waals surface area (Å²) in [4.78, 5) is 0. The molecule has 2 aromatic rings. The van der Waals surface area contributed by atoms with E-state index in [1.807, 2.05) is 12.1 Å². The normalized spacial score (nSPS) is 12.5. The van der Waals surface area contributed by atoms with Crippen LogP contribution in [0.25, 0.3) is 0 Å². The first-order chi connectivity index (χ1) is 8.95. The standard InChI is InChI=1S/C16H17Cl2N/c1-10-5-11(2)7-12(6-10)8-16(19)14-4-3-13(17)9-15(14)18/h3-7,9,16H,8,19H2,1-2H3. The molecule has 0 saturated heterocycles. The summed E-state index contributed by atoms with van der Waals surface area (Å²) < 4.78 is 0. The lowest BCUT2D eigenvalue weighted by Gasteiger charge is -2.15. The van der Waals surface area contributed by atoms with Gasteiger partial charge in [0.05, 0.1) is 0 Å². The molecule has 0 bridgehead atoms. The van der Waals surface area contributed by atoms with Gasteiger partial charge in [-0.3, -0.25) is 0 Å². The van der Waals surface area contributed by atoms with E-state index in [4.69, 9.17) is 28.9 Å². The molecule has 0 spiro atoms. The van der Waals surface area contributed by atoms with Crippen LogP contribution in [-0.2, 0) is 6.42 Å². The number of nitrogens with two attached hydrogens (primary N) is 1. The van der Waals surface area contributed by atoms with Crippen LogP contribution in [0.15, 0.2) is 36.4 Å². The van der Waals surface area contributed by atoms with Crippen LogP contribution < -0.4 is 5.73 Å². The van der Waals surface area contributed by atoms with Gasteiger partial charge in [-0.1, -0.05) is 58.6 Å². The largest absolute Gasteiger partial charge is 0.324 e. The second-order valence-electron chi connectivity index (χ2n) is 4.97. The molecule has 100 valence electrons. The number of aryl methyl sites for hydroxylation is 2. The van der Waals surface area contributed by atoms with Crippen molar-refractivity contribution >= 4 is 23.2 Å². The third-order valence-electron chi connectivity index (χ3n) is 3.10. The van der Waals surface area contributed by atoms with Gasteiger partial charge < -0.3 is 5.73 Å². The van der Waals surface area contributed by atoms with Gasteiger partial charge in [-0.05, 0) is 43.5 Å². The molecule has 0 aromatic heterocycles. The Morgan fingerprint density at radius 3 is 2.21 bits per heavy atom. The molecule has 0 saturated carbocycles. The van der Waals surface area contributed by atoms with Crippen LogP contribution >= 0.6 is 23.2 Å². The van der Waals surface area contributed by atoms with Crippen molar-refractivity contribution < 1.29 is 0 Å². The SMILES string of the molecule is Cc1cc(C)cc(CC(N)c2ccc(Cl)cc2Cl)c1. The lowest BCUT2D eigenvalue weighted by molar-refractivity contribution is 0.721. The molecule has 1 unspecified atom stereocenters. The summed E-state index contributed by atoms with van der Waals surface area (Å²) in [7, 11) is 0. The molecular weight excluding hydrogens is 277 g/mol. The maximum atomic E-state index is 6.25. The topological polar surface area (TPSA) is 26.0 Å².